The summed E-state index contributed by atoms with van der Waals surface area (Å²) < 4.78 is 3.74. The molecular weight excluding hydrogens is 134 g/mol. The van der Waals surface area contributed by atoms with E-state index >= 15 is 0 Å². The number of nitrogens with zero attached hydrogens (tertiary/aromatic N) is 2. The molecule has 9 heavy (non-hydrogen) atoms. The van der Waals surface area contributed by atoms with Gasteiger partial charge in [-0.25, -0.2) is 0 Å². The van der Waals surface area contributed by atoms with Crippen LogP contribution in [-0.4, -0.2) is 16.6 Å². The van der Waals surface area contributed by atoms with Crippen LogP contribution in [0.3, 0.4) is 0 Å². The Labute approximate surface area is 58.3 Å². The molecule has 0 saturated heterocycles. The number of hydrogen-bond acceptors (Lipinski definition) is 4. The van der Waals surface area contributed by atoms with Crippen molar-refractivity contribution in [2.45, 2.75) is 13.0 Å². The Bertz CT molecular complexity index is 161. The molecule has 0 aliphatic heterocycles. The molecule has 4 heteroatoms. The van der Waals surface area contributed by atoms with Crippen LogP contribution in [0, 0.1) is 0 Å². The fourth-order valence-corrected chi connectivity index (χ4v) is 1.06. The minimum atomic E-state index is 0.323. The maximum absolute atomic E-state index is 3.89. The SMILES string of the molecule is CNC(C)c1csnn1. The van der Waals surface area contributed by atoms with Crippen molar-refractivity contribution < 1.29 is 0 Å². The normalized spacial score (nSPS) is 13.6. The van der Waals surface area contributed by atoms with Gasteiger partial charge in [-0.2, -0.15) is 0 Å². The molecule has 0 amide bonds. The first-order chi connectivity index (χ1) is 4.34. The summed E-state index contributed by atoms with van der Waals surface area (Å²) in [7, 11) is 1.91. The van der Waals surface area contributed by atoms with Crippen LogP contribution in [0.1, 0.15) is 18.7 Å². The minimum absolute atomic E-state index is 0.323. The largest absolute Gasteiger partial charge is 0.312 e. The predicted octanol–water partition coefficient (Wildman–Crippen LogP) is 0.819. The Morgan fingerprint density at radius 3 is 3.00 bits per heavy atom. The molecule has 0 aliphatic carbocycles. The molecule has 3 nitrogen and oxygen atoms in total. The van der Waals surface area contributed by atoms with Gasteiger partial charge in [-0.3, -0.25) is 0 Å². The van der Waals surface area contributed by atoms with Crippen molar-refractivity contribution >= 4 is 11.5 Å². The summed E-state index contributed by atoms with van der Waals surface area (Å²) in [6.45, 7) is 2.05. The van der Waals surface area contributed by atoms with Crippen molar-refractivity contribution in [1.29, 1.82) is 0 Å². The molecule has 1 heterocycles. The van der Waals surface area contributed by atoms with Crippen molar-refractivity contribution in [1.82, 2.24) is 14.9 Å². The molecule has 1 unspecified atom stereocenters. The van der Waals surface area contributed by atoms with E-state index in [1.165, 1.54) is 11.5 Å². The third-order valence-electron chi connectivity index (χ3n) is 1.25. The summed E-state index contributed by atoms with van der Waals surface area (Å²) in [5.41, 5.74) is 1.02. The molecule has 50 valence electrons. The minimum Gasteiger partial charge on any atom is -0.312 e. The van der Waals surface area contributed by atoms with Gasteiger partial charge in [-0.15, -0.1) is 5.10 Å². The van der Waals surface area contributed by atoms with E-state index in [9.17, 15) is 0 Å². The topological polar surface area (TPSA) is 37.8 Å². The van der Waals surface area contributed by atoms with Gasteiger partial charge in [0.15, 0.2) is 0 Å². The highest BCUT2D eigenvalue weighted by atomic mass is 32.1. The first kappa shape index (κ1) is 6.64. The van der Waals surface area contributed by atoms with Gasteiger partial charge in [-0.1, -0.05) is 4.49 Å². The molecular formula is C5H9N3S. The number of nitrogens with one attached hydrogen (secondary N) is 1. The van der Waals surface area contributed by atoms with E-state index in [-0.39, 0.29) is 0 Å². The number of hydrogen-bond donors (Lipinski definition) is 1. The van der Waals surface area contributed by atoms with E-state index in [1.807, 2.05) is 12.4 Å². The Kier molecular flexibility index (Phi) is 2.13. The lowest BCUT2D eigenvalue weighted by Gasteiger charge is -2.02. The van der Waals surface area contributed by atoms with Gasteiger partial charge in [0.2, 0.25) is 0 Å². The summed E-state index contributed by atoms with van der Waals surface area (Å²) in [5.74, 6) is 0. The standard InChI is InChI=1S/C5H9N3S/c1-4(6-2)5-3-9-8-7-5/h3-4,6H,1-2H3. The summed E-state index contributed by atoms with van der Waals surface area (Å²) in [5, 5.41) is 8.91. The second kappa shape index (κ2) is 2.89. The fourth-order valence-electron chi connectivity index (χ4n) is 0.508. The summed E-state index contributed by atoms with van der Waals surface area (Å²) in [6.07, 6.45) is 0. The van der Waals surface area contributed by atoms with Crippen LogP contribution in [0.2, 0.25) is 0 Å². The van der Waals surface area contributed by atoms with Gasteiger partial charge < -0.3 is 5.32 Å². The van der Waals surface area contributed by atoms with Gasteiger partial charge in [0.05, 0.1) is 5.69 Å². The molecule has 1 atom stereocenters. The van der Waals surface area contributed by atoms with Gasteiger partial charge in [0.1, 0.15) is 0 Å². The molecule has 0 fully saturated rings. The number of aromatic nitrogens is 2. The van der Waals surface area contributed by atoms with E-state index in [1.54, 1.807) is 0 Å². The van der Waals surface area contributed by atoms with Crippen LogP contribution in [-0.2, 0) is 0 Å². The fraction of sp³-hybridized carbons (Fsp3) is 0.600. The van der Waals surface area contributed by atoms with Gasteiger partial charge in [0, 0.05) is 11.4 Å². The molecule has 0 saturated carbocycles. The molecule has 0 radical (unpaired) electrons. The third-order valence-corrected chi connectivity index (χ3v) is 1.78. The monoisotopic (exact) mass is 143 g/mol. The van der Waals surface area contributed by atoms with Crippen LogP contribution < -0.4 is 5.32 Å². The first-order valence-corrected chi connectivity index (χ1v) is 3.62. The van der Waals surface area contributed by atoms with Crippen LogP contribution in [0.25, 0.3) is 0 Å². The zero-order valence-corrected chi connectivity index (χ0v) is 6.27. The smallest absolute Gasteiger partial charge is 0.0921 e. The van der Waals surface area contributed by atoms with E-state index < -0.39 is 0 Å². The average Bonchev–Trinajstić information content (AvgIpc) is 2.37. The van der Waals surface area contributed by atoms with Crippen LogP contribution >= 0.6 is 11.5 Å². The van der Waals surface area contributed by atoms with Gasteiger partial charge in [0.25, 0.3) is 0 Å². The molecule has 0 aliphatic rings. The molecule has 0 aromatic carbocycles. The van der Waals surface area contributed by atoms with E-state index in [2.05, 4.69) is 21.8 Å². The first-order valence-electron chi connectivity index (χ1n) is 2.79. The molecule has 1 rings (SSSR count). The second-order valence-electron chi connectivity index (χ2n) is 1.84. The average molecular weight is 143 g/mol. The highest BCUT2D eigenvalue weighted by Crippen LogP contribution is 2.07. The summed E-state index contributed by atoms with van der Waals surface area (Å²) in [6, 6.07) is 0.323. The van der Waals surface area contributed by atoms with Crippen molar-refractivity contribution in [2.24, 2.45) is 0 Å². The Morgan fingerprint density at radius 1 is 1.78 bits per heavy atom. The lowest BCUT2D eigenvalue weighted by molar-refractivity contribution is 0.630. The van der Waals surface area contributed by atoms with E-state index in [0.29, 0.717) is 6.04 Å². The Morgan fingerprint density at radius 2 is 2.56 bits per heavy atom. The Hall–Kier alpha value is -0.480. The van der Waals surface area contributed by atoms with Crippen molar-refractivity contribution in [2.75, 3.05) is 7.05 Å². The van der Waals surface area contributed by atoms with Crippen molar-refractivity contribution in [3.63, 3.8) is 0 Å². The number of rotatable bonds is 2. The molecule has 0 spiro atoms. The van der Waals surface area contributed by atoms with Gasteiger partial charge >= 0.3 is 0 Å². The zero-order chi connectivity index (χ0) is 6.69. The lowest BCUT2D eigenvalue weighted by Crippen LogP contribution is -2.12. The highest BCUT2D eigenvalue weighted by Gasteiger charge is 2.02. The highest BCUT2D eigenvalue weighted by molar-refractivity contribution is 7.03. The predicted molar refractivity (Wildman–Crippen MR) is 37.4 cm³/mol. The second-order valence-corrected chi connectivity index (χ2v) is 2.45. The molecule has 1 N–H and O–H groups in total. The van der Waals surface area contributed by atoms with Crippen LogP contribution in [0.15, 0.2) is 5.38 Å². The maximum atomic E-state index is 3.89. The molecule has 1 aromatic rings. The summed E-state index contributed by atoms with van der Waals surface area (Å²) in [4.78, 5) is 0. The molecule has 0 bridgehead atoms. The Balaban J connectivity index is 2.65. The zero-order valence-electron chi connectivity index (χ0n) is 5.46. The maximum Gasteiger partial charge on any atom is 0.0921 e. The summed E-state index contributed by atoms with van der Waals surface area (Å²) >= 11 is 1.38. The third kappa shape index (κ3) is 1.46. The van der Waals surface area contributed by atoms with Crippen LogP contribution in [0.5, 0.6) is 0 Å². The lowest BCUT2D eigenvalue weighted by atomic mass is 10.3. The molecule has 1 aromatic heterocycles. The van der Waals surface area contributed by atoms with Crippen molar-refractivity contribution in [3.8, 4) is 0 Å². The van der Waals surface area contributed by atoms with E-state index in [0.717, 1.165) is 5.69 Å². The van der Waals surface area contributed by atoms with Crippen LogP contribution in [0.4, 0.5) is 0 Å². The van der Waals surface area contributed by atoms with Gasteiger partial charge in [-0.05, 0) is 25.5 Å². The quantitative estimate of drug-likeness (QED) is 0.666. The van der Waals surface area contributed by atoms with Crippen molar-refractivity contribution in [3.05, 3.63) is 11.1 Å². The van der Waals surface area contributed by atoms with E-state index in [4.69, 9.17) is 0 Å².